The van der Waals surface area contributed by atoms with E-state index in [4.69, 9.17) is 11.0 Å². The molecule has 2 aromatic rings. The molecule has 0 atom stereocenters. The van der Waals surface area contributed by atoms with Crippen molar-refractivity contribution in [2.24, 2.45) is 0 Å². The molecule has 0 aliphatic carbocycles. The summed E-state index contributed by atoms with van der Waals surface area (Å²) < 4.78 is 38.2. The van der Waals surface area contributed by atoms with Crippen LogP contribution in [0.15, 0.2) is 30.6 Å². The van der Waals surface area contributed by atoms with Crippen molar-refractivity contribution >= 4 is 5.69 Å². The van der Waals surface area contributed by atoms with Gasteiger partial charge < -0.3 is 5.73 Å². The van der Waals surface area contributed by atoms with E-state index in [9.17, 15) is 13.2 Å². The van der Waals surface area contributed by atoms with Gasteiger partial charge in [0.05, 0.1) is 23.0 Å². The Hall–Kier alpha value is -2.49. The van der Waals surface area contributed by atoms with E-state index in [1.807, 2.05) is 6.07 Å². The van der Waals surface area contributed by atoms with Crippen molar-refractivity contribution in [3.63, 3.8) is 0 Å². The van der Waals surface area contributed by atoms with Gasteiger partial charge in [0.1, 0.15) is 6.07 Å². The maximum atomic E-state index is 12.4. The zero-order valence-corrected chi connectivity index (χ0v) is 8.94. The highest BCUT2D eigenvalue weighted by atomic mass is 19.4. The highest BCUT2D eigenvalue weighted by Gasteiger charge is 2.32. The number of alkyl halides is 3. The monoisotopic (exact) mass is 252 g/mol. The SMILES string of the molecule is N#Cc1cc(-n2cc(C(F)(F)F)cn2)ccc1N. The summed E-state index contributed by atoms with van der Waals surface area (Å²) in [4.78, 5) is 0. The molecule has 0 spiro atoms. The number of nitriles is 1. The standard InChI is InChI=1S/C11H7F3N4/c12-11(13,14)8-5-17-18(6-8)9-1-2-10(16)7(3-9)4-15/h1-3,5-6H,16H2. The van der Waals surface area contributed by atoms with Gasteiger partial charge in [0.2, 0.25) is 0 Å². The van der Waals surface area contributed by atoms with E-state index in [1.165, 1.54) is 18.2 Å². The van der Waals surface area contributed by atoms with Gasteiger partial charge in [-0.1, -0.05) is 0 Å². The number of halogens is 3. The molecule has 2 N–H and O–H groups in total. The van der Waals surface area contributed by atoms with E-state index in [0.717, 1.165) is 17.1 Å². The van der Waals surface area contributed by atoms with Gasteiger partial charge in [-0.3, -0.25) is 0 Å². The van der Waals surface area contributed by atoms with Crippen molar-refractivity contribution in [3.05, 3.63) is 41.7 Å². The molecule has 0 aliphatic heterocycles. The first-order chi connectivity index (χ1) is 8.41. The lowest BCUT2D eigenvalue weighted by molar-refractivity contribution is -0.137. The lowest BCUT2D eigenvalue weighted by atomic mass is 10.2. The van der Waals surface area contributed by atoms with Crippen LogP contribution in [0.4, 0.5) is 18.9 Å². The number of aromatic nitrogens is 2. The normalized spacial score (nSPS) is 11.2. The number of benzene rings is 1. The van der Waals surface area contributed by atoms with Gasteiger partial charge in [0, 0.05) is 11.9 Å². The van der Waals surface area contributed by atoms with Gasteiger partial charge >= 0.3 is 6.18 Å². The molecular formula is C11H7F3N4. The molecule has 2 rings (SSSR count). The number of nitrogens with zero attached hydrogens (tertiary/aromatic N) is 3. The molecule has 1 aromatic heterocycles. The molecule has 0 amide bonds. The quantitative estimate of drug-likeness (QED) is 0.792. The Morgan fingerprint density at radius 2 is 2.06 bits per heavy atom. The van der Waals surface area contributed by atoms with Gasteiger partial charge in [-0.15, -0.1) is 0 Å². The van der Waals surface area contributed by atoms with Crippen LogP contribution in [0.25, 0.3) is 5.69 Å². The molecule has 4 nitrogen and oxygen atoms in total. The van der Waals surface area contributed by atoms with Crippen molar-refractivity contribution < 1.29 is 13.2 Å². The average Bonchev–Trinajstić information content (AvgIpc) is 2.78. The van der Waals surface area contributed by atoms with Crippen LogP contribution in [0.1, 0.15) is 11.1 Å². The number of rotatable bonds is 1. The zero-order chi connectivity index (χ0) is 13.3. The smallest absolute Gasteiger partial charge is 0.398 e. The summed E-state index contributed by atoms with van der Waals surface area (Å²) in [6.45, 7) is 0. The van der Waals surface area contributed by atoms with Crippen LogP contribution >= 0.6 is 0 Å². The predicted octanol–water partition coefficient (Wildman–Crippen LogP) is 2.34. The van der Waals surface area contributed by atoms with Gasteiger partial charge in [0.15, 0.2) is 0 Å². The Bertz CT molecular complexity index is 622. The fourth-order valence-electron chi connectivity index (χ4n) is 1.39. The minimum absolute atomic E-state index is 0.191. The summed E-state index contributed by atoms with van der Waals surface area (Å²) in [5.74, 6) is 0. The summed E-state index contributed by atoms with van der Waals surface area (Å²) >= 11 is 0. The molecule has 0 saturated heterocycles. The van der Waals surface area contributed by atoms with Crippen LogP contribution in [0.3, 0.4) is 0 Å². The maximum Gasteiger partial charge on any atom is 0.419 e. The van der Waals surface area contributed by atoms with E-state index >= 15 is 0 Å². The molecule has 92 valence electrons. The highest BCUT2D eigenvalue weighted by molar-refractivity contribution is 5.58. The predicted molar refractivity (Wildman–Crippen MR) is 57.7 cm³/mol. The third-order valence-electron chi connectivity index (χ3n) is 2.33. The lowest BCUT2D eigenvalue weighted by Gasteiger charge is -2.04. The fraction of sp³-hybridized carbons (Fsp3) is 0.0909. The number of nitrogens with two attached hydrogens (primary N) is 1. The Labute approximate surface area is 100 Å². The van der Waals surface area contributed by atoms with Gasteiger partial charge in [0.25, 0.3) is 0 Å². The van der Waals surface area contributed by atoms with Gasteiger partial charge in [-0.05, 0) is 18.2 Å². The third kappa shape index (κ3) is 2.13. The van der Waals surface area contributed by atoms with Gasteiger partial charge in [-0.2, -0.15) is 23.5 Å². The summed E-state index contributed by atoms with van der Waals surface area (Å²) in [7, 11) is 0. The number of nitrogen functional groups attached to an aromatic ring is 1. The molecule has 0 radical (unpaired) electrons. The van der Waals surface area contributed by atoms with Crippen LogP contribution in [-0.4, -0.2) is 9.78 Å². The summed E-state index contributed by atoms with van der Waals surface area (Å²) in [6, 6.07) is 6.17. The van der Waals surface area contributed by atoms with Crippen LogP contribution < -0.4 is 5.73 Å². The lowest BCUT2D eigenvalue weighted by Crippen LogP contribution is -2.03. The minimum Gasteiger partial charge on any atom is -0.398 e. The van der Waals surface area contributed by atoms with Crippen molar-refractivity contribution in [2.45, 2.75) is 6.18 Å². The Morgan fingerprint density at radius 1 is 1.33 bits per heavy atom. The molecule has 0 fully saturated rings. The largest absolute Gasteiger partial charge is 0.419 e. The second kappa shape index (κ2) is 4.07. The van der Waals surface area contributed by atoms with Crippen LogP contribution in [-0.2, 0) is 6.18 Å². The Morgan fingerprint density at radius 3 is 2.61 bits per heavy atom. The van der Waals surface area contributed by atoms with E-state index in [0.29, 0.717) is 5.69 Å². The first-order valence-corrected chi connectivity index (χ1v) is 4.83. The average molecular weight is 252 g/mol. The molecule has 0 unspecified atom stereocenters. The Kier molecular flexibility index (Phi) is 2.71. The molecule has 0 bridgehead atoms. The number of hydrogen-bond donors (Lipinski definition) is 1. The first-order valence-electron chi connectivity index (χ1n) is 4.83. The molecule has 1 heterocycles. The fourth-order valence-corrected chi connectivity index (χ4v) is 1.39. The number of hydrogen-bond acceptors (Lipinski definition) is 3. The third-order valence-corrected chi connectivity index (χ3v) is 2.33. The summed E-state index contributed by atoms with van der Waals surface area (Å²) in [6.07, 6.45) is -2.86. The molecule has 7 heteroatoms. The van der Waals surface area contributed by atoms with E-state index in [2.05, 4.69) is 5.10 Å². The van der Waals surface area contributed by atoms with Crippen LogP contribution in [0.2, 0.25) is 0 Å². The van der Waals surface area contributed by atoms with Crippen molar-refractivity contribution in [1.29, 1.82) is 5.26 Å². The molecule has 0 aliphatic rings. The highest BCUT2D eigenvalue weighted by Crippen LogP contribution is 2.29. The number of anilines is 1. The molecule has 0 saturated carbocycles. The minimum atomic E-state index is -4.44. The summed E-state index contributed by atoms with van der Waals surface area (Å²) in [5, 5.41) is 12.4. The van der Waals surface area contributed by atoms with Crippen molar-refractivity contribution in [2.75, 3.05) is 5.73 Å². The van der Waals surface area contributed by atoms with E-state index in [1.54, 1.807) is 0 Å². The summed E-state index contributed by atoms with van der Waals surface area (Å²) in [5.41, 5.74) is 5.47. The first kappa shape index (κ1) is 12.0. The van der Waals surface area contributed by atoms with Crippen molar-refractivity contribution in [1.82, 2.24) is 9.78 Å². The second-order valence-electron chi connectivity index (χ2n) is 3.55. The Balaban J connectivity index is 2.44. The van der Waals surface area contributed by atoms with E-state index < -0.39 is 11.7 Å². The molecular weight excluding hydrogens is 245 g/mol. The van der Waals surface area contributed by atoms with Gasteiger partial charge in [-0.25, -0.2) is 4.68 Å². The maximum absolute atomic E-state index is 12.4. The zero-order valence-electron chi connectivity index (χ0n) is 8.94. The molecule has 18 heavy (non-hydrogen) atoms. The van der Waals surface area contributed by atoms with Crippen LogP contribution in [0, 0.1) is 11.3 Å². The van der Waals surface area contributed by atoms with Crippen LogP contribution in [0.5, 0.6) is 0 Å². The second-order valence-corrected chi connectivity index (χ2v) is 3.55. The molecule has 1 aromatic carbocycles. The van der Waals surface area contributed by atoms with Crippen molar-refractivity contribution in [3.8, 4) is 11.8 Å². The topological polar surface area (TPSA) is 67.6 Å². The van der Waals surface area contributed by atoms with E-state index in [-0.39, 0.29) is 11.3 Å².